The summed E-state index contributed by atoms with van der Waals surface area (Å²) in [5.74, 6) is 0.783. The van der Waals surface area contributed by atoms with Gasteiger partial charge in [-0.2, -0.15) is 5.26 Å². The van der Waals surface area contributed by atoms with Gasteiger partial charge < -0.3 is 15.0 Å². The van der Waals surface area contributed by atoms with Gasteiger partial charge in [-0.15, -0.1) is 0 Å². The van der Waals surface area contributed by atoms with Gasteiger partial charge in [-0.3, -0.25) is 4.79 Å². The number of hydrogen-bond donors (Lipinski definition) is 1. The molecule has 1 N–H and O–H groups in total. The number of ether oxygens (including phenoxy) is 1. The quantitative estimate of drug-likeness (QED) is 0.875. The molecule has 0 saturated carbocycles. The molecule has 0 aliphatic heterocycles. The number of nitrogens with zero attached hydrogens (tertiary/aromatic N) is 4. The molecule has 0 atom stereocenters. The van der Waals surface area contributed by atoms with E-state index in [1.807, 2.05) is 13.0 Å². The highest BCUT2D eigenvalue weighted by Gasteiger charge is 2.12. The van der Waals surface area contributed by atoms with E-state index in [0.29, 0.717) is 29.6 Å². The number of amides is 1. The van der Waals surface area contributed by atoms with Gasteiger partial charge in [-0.05, 0) is 31.2 Å². The molecule has 2 heterocycles. The maximum atomic E-state index is 12.2. The summed E-state index contributed by atoms with van der Waals surface area (Å²) in [6, 6.07) is 8.82. The van der Waals surface area contributed by atoms with Crippen LogP contribution in [0.5, 0.6) is 5.88 Å². The average molecular weight is 311 g/mol. The van der Waals surface area contributed by atoms with Crippen molar-refractivity contribution in [3.8, 4) is 11.9 Å². The van der Waals surface area contributed by atoms with Crippen molar-refractivity contribution in [2.45, 2.75) is 6.92 Å². The van der Waals surface area contributed by atoms with Crippen LogP contribution in [0.25, 0.3) is 0 Å². The van der Waals surface area contributed by atoms with E-state index in [4.69, 9.17) is 10.00 Å². The minimum Gasteiger partial charge on any atom is -0.476 e. The van der Waals surface area contributed by atoms with E-state index in [0.717, 1.165) is 0 Å². The Morgan fingerprint density at radius 1 is 1.39 bits per heavy atom. The number of carbonyl (C=O) groups is 1. The first-order chi connectivity index (χ1) is 11.1. The summed E-state index contributed by atoms with van der Waals surface area (Å²) in [6.45, 7) is 2.43. The summed E-state index contributed by atoms with van der Waals surface area (Å²) >= 11 is 0. The summed E-state index contributed by atoms with van der Waals surface area (Å²) in [5, 5.41) is 11.5. The largest absolute Gasteiger partial charge is 0.476 e. The van der Waals surface area contributed by atoms with Crippen LogP contribution in [0.4, 0.5) is 11.5 Å². The number of anilines is 2. The van der Waals surface area contributed by atoms with E-state index < -0.39 is 0 Å². The Hall–Kier alpha value is -3.14. The lowest BCUT2D eigenvalue weighted by molar-refractivity contribution is -0.114. The number of hydrogen-bond acceptors (Lipinski definition) is 6. The highest BCUT2D eigenvalue weighted by molar-refractivity contribution is 5.94. The lowest BCUT2D eigenvalue weighted by Gasteiger charge is -2.18. The molecule has 118 valence electrons. The van der Waals surface area contributed by atoms with Crippen molar-refractivity contribution in [3.63, 3.8) is 0 Å². The molecule has 1 amide bonds. The summed E-state index contributed by atoms with van der Waals surface area (Å²) in [5.41, 5.74) is 1.00. The molecule has 7 nitrogen and oxygen atoms in total. The van der Waals surface area contributed by atoms with Crippen molar-refractivity contribution in [1.29, 1.82) is 5.26 Å². The van der Waals surface area contributed by atoms with Crippen LogP contribution in [0, 0.1) is 11.3 Å². The molecule has 7 heteroatoms. The Labute approximate surface area is 134 Å². The predicted octanol–water partition coefficient (Wildman–Crippen LogP) is 1.82. The van der Waals surface area contributed by atoms with E-state index in [1.54, 1.807) is 42.4 Å². The van der Waals surface area contributed by atoms with Crippen molar-refractivity contribution >= 4 is 17.4 Å². The highest BCUT2D eigenvalue weighted by atomic mass is 16.5. The second-order valence-electron chi connectivity index (χ2n) is 4.71. The molecular formula is C16H17N5O2. The lowest BCUT2D eigenvalue weighted by Crippen LogP contribution is -2.30. The number of aromatic nitrogens is 2. The summed E-state index contributed by atoms with van der Waals surface area (Å²) in [7, 11) is 1.75. The second-order valence-corrected chi connectivity index (χ2v) is 4.71. The second kappa shape index (κ2) is 7.75. The number of likely N-dealkylation sites (N-methyl/N-ethyl adjacent to an activating group) is 1. The van der Waals surface area contributed by atoms with Gasteiger partial charge in [0.1, 0.15) is 17.6 Å². The standard InChI is InChI=1S/C16H17N5O2/c1-3-23-16-13(5-4-8-18-16)20-15(22)11-21(2)14-7-6-12(9-17)10-19-14/h4-8,10H,3,11H2,1-2H3,(H,20,22). The van der Waals surface area contributed by atoms with E-state index in [9.17, 15) is 4.79 Å². The molecule has 2 rings (SSSR count). The SMILES string of the molecule is CCOc1ncccc1NC(=O)CN(C)c1ccc(C#N)cn1. The molecule has 0 bridgehead atoms. The van der Waals surface area contributed by atoms with Crippen molar-refractivity contribution in [2.24, 2.45) is 0 Å². The first-order valence-corrected chi connectivity index (χ1v) is 7.09. The molecule has 2 aromatic heterocycles. The zero-order valence-electron chi connectivity index (χ0n) is 13.0. The van der Waals surface area contributed by atoms with Crippen LogP contribution in [0.2, 0.25) is 0 Å². The van der Waals surface area contributed by atoms with Crippen LogP contribution >= 0.6 is 0 Å². The average Bonchev–Trinajstić information content (AvgIpc) is 2.57. The number of rotatable bonds is 6. The van der Waals surface area contributed by atoms with E-state index in [-0.39, 0.29) is 12.5 Å². The Morgan fingerprint density at radius 3 is 2.87 bits per heavy atom. The van der Waals surface area contributed by atoms with Gasteiger partial charge in [-0.25, -0.2) is 9.97 Å². The maximum Gasteiger partial charge on any atom is 0.244 e. The van der Waals surface area contributed by atoms with Crippen LogP contribution in [0.1, 0.15) is 12.5 Å². The first-order valence-electron chi connectivity index (χ1n) is 7.09. The predicted molar refractivity (Wildman–Crippen MR) is 86.3 cm³/mol. The summed E-state index contributed by atoms with van der Waals surface area (Å²) in [6.07, 6.45) is 3.07. The molecule has 2 aromatic rings. The molecule has 0 radical (unpaired) electrons. The van der Waals surface area contributed by atoms with Crippen molar-refractivity contribution in [1.82, 2.24) is 9.97 Å². The van der Waals surface area contributed by atoms with Gasteiger partial charge in [0.2, 0.25) is 11.8 Å². The third-order valence-electron chi connectivity index (χ3n) is 2.98. The molecule has 0 fully saturated rings. The van der Waals surface area contributed by atoms with Gasteiger partial charge in [0.25, 0.3) is 0 Å². The molecule has 0 saturated heterocycles. The number of nitrogens with one attached hydrogen (secondary N) is 1. The lowest BCUT2D eigenvalue weighted by atomic mass is 10.3. The first kappa shape index (κ1) is 16.2. The van der Waals surface area contributed by atoms with Gasteiger partial charge in [0.05, 0.1) is 18.7 Å². The molecule has 0 aliphatic carbocycles. The van der Waals surface area contributed by atoms with Crippen LogP contribution in [-0.4, -0.2) is 36.1 Å². The zero-order valence-corrected chi connectivity index (χ0v) is 13.0. The molecule has 0 aromatic carbocycles. The van der Waals surface area contributed by atoms with Gasteiger partial charge >= 0.3 is 0 Å². The summed E-state index contributed by atoms with van der Waals surface area (Å²) in [4.78, 5) is 22.1. The van der Waals surface area contributed by atoms with Crippen LogP contribution < -0.4 is 15.0 Å². The molecule has 0 aliphatic rings. The fraction of sp³-hybridized carbons (Fsp3) is 0.250. The fourth-order valence-electron chi connectivity index (χ4n) is 1.90. The molecule has 0 spiro atoms. The Balaban J connectivity index is 2.00. The van der Waals surface area contributed by atoms with E-state index in [2.05, 4.69) is 15.3 Å². The van der Waals surface area contributed by atoms with Crippen molar-refractivity contribution < 1.29 is 9.53 Å². The molecule has 23 heavy (non-hydrogen) atoms. The zero-order chi connectivity index (χ0) is 16.7. The van der Waals surface area contributed by atoms with E-state index in [1.165, 1.54) is 6.20 Å². The maximum absolute atomic E-state index is 12.2. The molecule has 0 unspecified atom stereocenters. The monoisotopic (exact) mass is 311 g/mol. The van der Waals surface area contributed by atoms with Crippen LogP contribution in [0.3, 0.4) is 0 Å². The number of carbonyl (C=O) groups excluding carboxylic acids is 1. The summed E-state index contributed by atoms with van der Waals surface area (Å²) < 4.78 is 5.37. The van der Waals surface area contributed by atoms with E-state index >= 15 is 0 Å². The topological polar surface area (TPSA) is 91.1 Å². The van der Waals surface area contributed by atoms with Crippen LogP contribution in [-0.2, 0) is 4.79 Å². The fourth-order valence-corrected chi connectivity index (χ4v) is 1.90. The van der Waals surface area contributed by atoms with Crippen molar-refractivity contribution in [3.05, 3.63) is 42.2 Å². The number of pyridine rings is 2. The van der Waals surface area contributed by atoms with Gasteiger partial charge in [-0.1, -0.05) is 0 Å². The normalized spacial score (nSPS) is 9.78. The minimum absolute atomic E-state index is 0.110. The highest BCUT2D eigenvalue weighted by Crippen LogP contribution is 2.20. The molecular weight excluding hydrogens is 294 g/mol. The van der Waals surface area contributed by atoms with Crippen molar-refractivity contribution in [2.75, 3.05) is 30.4 Å². The minimum atomic E-state index is -0.215. The smallest absolute Gasteiger partial charge is 0.244 e. The third kappa shape index (κ3) is 4.41. The van der Waals surface area contributed by atoms with Gasteiger partial charge in [0.15, 0.2) is 0 Å². The Morgan fingerprint density at radius 2 is 2.22 bits per heavy atom. The number of nitriles is 1. The van der Waals surface area contributed by atoms with Crippen LogP contribution in [0.15, 0.2) is 36.7 Å². The third-order valence-corrected chi connectivity index (χ3v) is 2.98. The Kier molecular flexibility index (Phi) is 5.47. The Bertz CT molecular complexity index is 709. The van der Waals surface area contributed by atoms with Gasteiger partial charge in [0, 0.05) is 19.4 Å².